The Balaban J connectivity index is 2.33. The Morgan fingerprint density at radius 3 is 2.21 bits per heavy atom. The molecule has 10 heteroatoms. The van der Waals surface area contributed by atoms with E-state index in [9.17, 15) is 18.0 Å². The molecule has 2 amide bonds. The Kier molecular flexibility index (Phi) is 9.72. The SMILES string of the molecule is CCNC(=O)[C@H](CC)N(Cc1ccc(Cl)c(Cl)c1)C(=O)CN(C)S(=O)(=O)c1ccc(C)cc1. The first-order valence-electron chi connectivity index (χ1n) is 10.5. The number of rotatable bonds is 10. The number of carbonyl (C=O) groups excluding carboxylic acids is 2. The summed E-state index contributed by atoms with van der Waals surface area (Å²) < 4.78 is 26.9. The summed E-state index contributed by atoms with van der Waals surface area (Å²) in [6.07, 6.45) is 0.354. The Morgan fingerprint density at radius 1 is 1.03 bits per heavy atom. The van der Waals surface area contributed by atoms with Gasteiger partial charge in [0.2, 0.25) is 21.8 Å². The van der Waals surface area contributed by atoms with Gasteiger partial charge in [0.25, 0.3) is 0 Å². The van der Waals surface area contributed by atoms with Gasteiger partial charge in [-0.3, -0.25) is 9.59 Å². The quantitative estimate of drug-likeness (QED) is 0.522. The van der Waals surface area contributed by atoms with Gasteiger partial charge < -0.3 is 10.2 Å². The van der Waals surface area contributed by atoms with Crippen molar-refractivity contribution in [2.24, 2.45) is 0 Å². The van der Waals surface area contributed by atoms with E-state index >= 15 is 0 Å². The molecule has 33 heavy (non-hydrogen) atoms. The van der Waals surface area contributed by atoms with Crippen molar-refractivity contribution in [3.05, 3.63) is 63.6 Å². The van der Waals surface area contributed by atoms with Gasteiger partial charge in [0.05, 0.1) is 21.5 Å². The van der Waals surface area contributed by atoms with E-state index in [-0.39, 0.29) is 17.3 Å². The van der Waals surface area contributed by atoms with Crippen LogP contribution >= 0.6 is 23.2 Å². The van der Waals surface area contributed by atoms with Gasteiger partial charge in [0.1, 0.15) is 6.04 Å². The zero-order valence-corrected chi connectivity index (χ0v) is 21.5. The first kappa shape index (κ1) is 27.1. The zero-order valence-electron chi connectivity index (χ0n) is 19.1. The van der Waals surface area contributed by atoms with Gasteiger partial charge in [-0.15, -0.1) is 0 Å². The van der Waals surface area contributed by atoms with Gasteiger partial charge in [-0.05, 0) is 50.1 Å². The van der Waals surface area contributed by atoms with E-state index in [0.717, 1.165) is 9.87 Å². The van der Waals surface area contributed by atoms with Crippen molar-refractivity contribution in [1.82, 2.24) is 14.5 Å². The van der Waals surface area contributed by atoms with Crippen molar-refractivity contribution in [3.63, 3.8) is 0 Å². The number of amides is 2. The van der Waals surface area contributed by atoms with Gasteiger partial charge in [-0.2, -0.15) is 4.31 Å². The van der Waals surface area contributed by atoms with Gasteiger partial charge >= 0.3 is 0 Å². The van der Waals surface area contributed by atoms with E-state index in [1.807, 2.05) is 6.92 Å². The second kappa shape index (κ2) is 11.8. The van der Waals surface area contributed by atoms with Crippen molar-refractivity contribution in [2.75, 3.05) is 20.1 Å². The fourth-order valence-corrected chi connectivity index (χ4v) is 4.74. The molecule has 2 aromatic rings. The van der Waals surface area contributed by atoms with Crippen LogP contribution in [-0.4, -0.2) is 55.6 Å². The monoisotopic (exact) mass is 513 g/mol. The average molecular weight is 514 g/mol. The van der Waals surface area contributed by atoms with E-state index in [1.54, 1.807) is 44.2 Å². The fourth-order valence-electron chi connectivity index (χ4n) is 3.30. The summed E-state index contributed by atoms with van der Waals surface area (Å²) in [5.41, 5.74) is 1.60. The molecule has 0 radical (unpaired) electrons. The summed E-state index contributed by atoms with van der Waals surface area (Å²) in [6, 6.07) is 10.6. The third-order valence-corrected chi connectivity index (χ3v) is 7.72. The number of carbonyl (C=O) groups is 2. The number of hydrogen-bond acceptors (Lipinski definition) is 4. The Bertz CT molecular complexity index is 1090. The van der Waals surface area contributed by atoms with E-state index in [1.165, 1.54) is 24.1 Å². The summed E-state index contributed by atoms with van der Waals surface area (Å²) in [5.74, 6) is -0.810. The molecule has 2 aromatic carbocycles. The third-order valence-electron chi connectivity index (χ3n) is 5.16. The first-order chi connectivity index (χ1) is 15.5. The lowest BCUT2D eigenvalue weighted by atomic mass is 10.1. The highest BCUT2D eigenvalue weighted by Crippen LogP contribution is 2.24. The maximum Gasteiger partial charge on any atom is 0.243 e. The largest absolute Gasteiger partial charge is 0.355 e. The maximum atomic E-state index is 13.3. The van der Waals surface area contributed by atoms with E-state index in [4.69, 9.17) is 23.2 Å². The van der Waals surface area contributed by atoms with Crippen LogP contribution in [0.2, 0.25) is 10.0 Å². The molecule has 0 saturated carbocycles. The molecule has 1 N–H and O–H groups in total. The molecule has 0 fully saturated rings. The molecule has 1 atom stereocenters. The van der Waals surface area contributed by atoms with Crippen LogP contribution in [0.1, 0.15) is 31.4 Å². The first-order valence-corrected chi connectivity index (χ1v) is 12.7. The van der Waals surface area contributed by atoms with Gasteiger partial charge in [0.15, 0.2) is 0 Å². The summed E-state index contributed by atoms with van der Waals surface area (Å²) in [6.45, 7) is 5.50. The molecular formula is C23H29Cl2N3O4S. The number of nitrogens with one attached hydrogen (secondary N) is 1. The number of hydrogen-bond donors (Lipinski definition) is 1. The number of likely N-dealkylation sites (N-methyl/N-ethyl adjacent to an activating group) is 2. The van der Waals surface area contributed by atoms with Crippen LogP contribution in [0.5, 0.6) is 0 Å². The number of benzene rings is 2. The summed E-state index contributed by atoms with van der Waals surface area (Å²) in [5, 5.41) is 3.44. The van der Waals surface area contributed by atoms with Crippen LogP contribution in [0.15, 0.2) is 47.4 Å². The molecule has 0 heterocycles. The summed E-state index contributed by atoms with van der Waals surface area (Å²) in [4.78, 5) is 27.5. The van der Waals surface area contributed by atoms with Crippen LogP contribution in [0.4, 0.5) is 0 Å². The van der Waals surface area contributed by atoms with Crippen molar-refractivity contribution >= 4 is 45.0 Å². The standard InChI is InChI=1S/C23H29Cl2N3O4S/c1-5-21(23(30)26-6-2)28(14-17-9-12-19(24)20(25)13-17)22(29)15-27(4)33(31,32)18-10-7-16(3)8-11-18/h7-13,21H,5-6,14-15H2,1-4H3,(H,26,30)/t21-/m0/s1. The van der Waals surface area contributed by atoms with E-state index in [0.29, 0.717) is 28.6 Å². The van der Waals surface area contributed by atoms with E-state index in [2.05, 4.69) is 5.32 Å². The molecule has 0 saturated heterocycles. The number of aryl methyl sites for hydroxylation is 1. The highest BCUT2D eigenvalue weighted by Gasteiger charge is 2.31. The predicted molar refractivity (Wildman–Crippen MR) is 131 cm³/mol. The van der Waals surface area contributed by atoms with Crippen molar-refractivity contribution in [3.8, 4) is 0 Å². The smallest absolute Gasteiger partial charge is 0.243 e. The molecule has 0 aromatic heterocycles. The molecule has 0 aliphatic heterocycles. The lowest BCUT2D eigenvalue weighted by molar-refractivity contribution is -0.141. The normalized spacial score (nSPS) is 12.5. The van der Waals surface area contributed by atoms with Gasteiger partial charge in [-0.1, -0.05) is 53.9 Å². The second-order valence-electron chi connectivity index (χ2n) is 7.66. The van der Waals surface area contributed by atoms with Crippen molar-refractivity contribution < 1.29 is 18.0 Å². The van der Waals surface area contributed by atoms with Gasteiger partial charge in [0, 0.05) is 20.1 Å². The predicted octanol–water partition coefficient (Wildman–Crippen LogP) is 3.87. The summed E-state index contributed by atoms with van der Waals surface area (Å²) in [7, 11) is -2.54. The lowest BCUT2D eigenvalue weighted by Crippen LogP contribution is -2.51. The van der Waals surface area contributed by atoms with Crippen LogP contribution in [0.25, 0.3) is 0 Å². The van der Waals surface area contributed by atoms with Gasteiger partial charge in [-0.25, -0.2) is 8.42 Å². The molecule has 180 valence electrons. The molecule has 7 nitrogen and oxygen atoms in total. The Hall–Kier alpha value is -2.13. The second-order valence-corrected chi connectivity index (χ2v) is 10.5. The van der Waals surface area contributed by atoms with Crippen molar-refractivity contribution in [2.45, 2.75) is 44.7 Å². The molecule has 0 aliphatic rings. The van der Waals surface area contributed by atoms with Crippen molar-refractivity contribution in [1.29, 1.82) is 0 Å². The number of sulfonamides is 1. The highest BCUT2D eigenvalue weighted by molar-refractivity contribution is 7.89. The third kappa shape index (κ3) is 6.93. The molecule has 0 bridgehead atoms. The highest BCUT2D eigenvalue weighted by atomic mass is 35.5. The minimum atomic E-state index is -3.89. The molecule has 0 unspecified atom stereocenters. The van der Waals surface area contributed by atoms with Crippen LogP contribution < -0.4 is 5.32 Å². The minimum absolute atomic E-state index is 0.0732. The Morgan fingerprint density at radius 2 is 1.67 bits per heavy atom. The number of nitrogens with zero attached hydrogens (tertiary/aromatic N) is 2. The topological polar surface area (TPSA) is 86.8 Å². The number of halogens is 2. The minimum Gasteiger partial charge on any atom is -0.355 e. The Labute approximate surface area is 205 Å². The maximum absolute atomic E-state index is 13.3. The molecular weight excluding hydrogens is 485 g/mol. The fraction of sp³-hybridized carbons (Fsp3) is 0.391. The zero-order chi connectivity index (χ0) is 24.8. The van der Waals surface area contributed by atoms with Crippen LogP contribution in [0, 0.1) is 6.92 Å². The molecule has 0 aliphatic carbocycles. The lowest BCUT2D eigenvalue weighted by Gasteiger charge is -2.32. The summed E-state index contributed by atoms with van der Waals surface area (Å²) >= 11 is 12.1. The molecule has 2 rings (SSSR count). The van der Waals surface area contributed by atoms with Crippen LogP contribution in [0.3, 0.4) is 0 Å². The van der Waals surface area contributed by atoms with Crippen LogP contribution in [-0.2, 0) is 26.2 Å². The molecule has 0 spiro atoms. The van der Waals surface area contributed by atoms with E-state index < -0.39 is 28.5 Å². The average Bonchev–Trinajstić information content (AvgIpc) is 2.76.